The molecule has 0 bridgehead atoms. The Balaban J connectivity index is 3.39. The van der Waals surface area contributed by atoms with Crippen molar-refractivity contribution < 1.29 is 22.7 Å². The molecule has 21 heavy (non-hydrogen) atoms. The molecule has 0 aromatic carbocycles. The highest BCUT2D eigenvalue weighted by Crippen LogP contribution is 2.29. The minimum atomic E-state index is -3.88. The van der Waals surface area contributed by atoms with E-state index >= 15 is 0 Å². The lowest BCUT2D eigenvalue weighted by molar-refractivity contribution is 0.0691. The maximum atomic E-state index is 12.8. The first-order valence-corrected chi connectivity index (χ1v) is 8.44. The predicted molar refractivity (Wildman–Crippen MR) is 79.0 cm³/mol. The van der Waals surface area contributed by atoms with Crippen LogP contribution < -0.4 is 0 Å². The number of hydrogen-bond donors (Lipinski definition) is 1. The largest absolute Gasteiger partial charge is 0.478 e. The number of carboxylic acid groups (broad SMARTS) is 1. The normalized spacial score (nSPS) is 13.6. The summed E-state index contributed by atoms with van der Waals surface area (Å²) in [5.74, 6) is -0.866. The van der Waals surface area contributed by atoms with Crippen LogP contribution in [0.3, 0.4) is 0 Å². The van der Waals surface area contributed by atoms with Gasteiger partial charge in [0.25, 0.3) is 0 Å². The average molecular weight is 317 g/mol. The summed E-state index contributed by atoms with van der Waals surface area (Å²) in [6.45, 7) is 9.27. The quantitative estimate of drug-likeness (QED) is 0.835. The standard InChI is InChI=1S/C14H23NO5S/c1-6-9(3)8-15(7-2)21(18,19)13-11(5)20-10(4)12(13)14(16)17/h9H,6-8H2,1-5H3,(H,16,17). The number of carboxylic acids is 1. The van der Waals surface area contributed by atoms with E-state index in [1.54, 1.807) is 6.92 Å². The van der Waals surface area contributed by atoms with Gasteiger partial charge in [0.1, 0.15) is 22.0 Å². The molecule has 1 rings (SSSR count). The number of aromatic carboxylic acids is 1. The van der Waals surface area contributed by atoms with Gasteiger partial charge in [0.15, 0.2) is 0 Å². The van der Waals surface area contributed by atoms with Crippen molar-refractivity contribution in [2.75, 3.05) is 13.1 Å². The van der Waals surface area contributed by atoms with Crippen LogP contribution in [0.5, 0.6) is 0 Å². The van der Waals surface area contributed by atoms with Crippen molar-refractivity contribution >= 4 is 16.0 Å². The molecule has 0 saturated carbocycles. The predicted octanol–water partition coefficient (Wildman–Crippen LogP) is 2.65. The van der Waals surface area contributed by atoms with Gasteiger partial charge in [0.2, 0.25) is 10.0 Å². The Kier molecular flexibility index (Phi) is 5.58. The second-order valence-electron chi connectivity index (χ2n) is 5.19. The Morgan fingerprint density at radius 1 is 1.29 bits per heavy atom. The number of hydrogen-bond acceptors (Lipinski definition) is 4. The van der Waals surface area contributed by atoms with Gasteiger partial charge in [0.05, 0.1) is 0 Å². The Morgan fingerprint density at radius 3 is 2.29 bits per heavy atom. The van der Waals surface area contributed by atoms with Crippen molar-refractivity contribution in [2.45, 2.75) is 45.9 Å². The molecule has 1 N–H and O–H groups in total. The van der Waals surface area contributed by atoms with E-state index in [2.05, 4.69) is 0 Å². The summed E-state index contributed by atoms with van der Waals surface area (Å²) in [5.41, 5.74) is -0.268. The van der Waals surface area contributed by atoms with E-state index < -0.39 is 16.0 Å². The molecule has 1 heterocycles. The third-order valence-corrected chi connectivity index (χ3v) is 5.68. The molecule has 0 aliphatic carbocycles. The number of rotatable bonds is 7. The summed E-state index contributed by atoms with van der Waals surface area (Å²) < 4.78 is 32.1. The minimum absolute atomic E-state index is 0.109. The van der Waals surface area contributed by atoms with Gasteiger partial charge in [-0.3, -0.25) is 0 Å². The van der Waals surface area contributed by atoms with E-state index in [1.165, 1.54) is 18.2 Å². The third-order valence-electron chi connectivity index (χ3n) is 3.58. The highest BCUT2D eigenvalue weighted by molar-refractivity contribution is 7.89. The van der Waals surface area contributed by atoms with Crippen molar-refractivity contribution in [2.24, 2.45) is 5.92 Å². The van der Waals surface area contributed by atoms with Gasteiger partial charge < -0.3 is 9.52 Å². The fraction of sp³-hybridized carbons (Fsp3) is 0.643. The van der Waals surface area contributed by atoms with E-state index in [0.717, 1.165) is 6.42 Å². The molecule has 1 unspecified atom stereocenters. The molecule has 0 radical (unpaired) electrons. The summed E-state index contributed by atoms with van der Waals surface area (Å²) in [7, 11) is -3.88. The van der Waals surface area contributed by atoms with Gasteiger partial charge in [-0.2, -0.15) is 4.31 Å². The molecule has 1 aromatic rings. The Hall–Kier alpha value is -1.34. The molecule has 0 fully saturated rings. The number of furan rings is 1. The van der Waals surface area contributed by atoms with Crippen LogP contribution in [0.1, 0.15) is 49.1 Å². The minimum Gasteiger partial charge on any atom is -0.478 e. The molecule has 0 spiro atoms. The van der Waals surface area contributed by atoms with Gasteiger partial charge in [0, 0.05) is 13.1 Å². The molecular formula is C14H23NO5S. The zero-order valence-electron chi connectivity index (χ0n) is 13.1. The zero-order valence-corrected chi connectivity index (χ0v) is 14.0. The Morgan fingerprint density at radius 2 is 1.86 bits per heavy atom. The molecule has 7 heteroatoms. The number of nitrogens with zero attached hydrogens (tertiary/aromatic N) is 1. The number of carbonyl (C=O) groups is 1. The number of aryl methyl sites for hydroxylation is 2. The van der Waals surface area contributed by atoms with Crippen molar-refractivity contribution in [1.29, 1.82) is 0 Å². The van der Waals surface area contributed by atoms with Crippen molar-refractivity contribution in [3.8, 4) is 0 Å². The first kappa shape index (κ1) is 17.7. The van der Waals surface area contributed by atoms with Crippen LogP contribution in [-0.2, 0) is 10.0 Å². The smallest absolute Gasteiger partial charge is 0.340 e. The summed E-state index contributed by atoms with van der Waals surface area (Å²) in [6, 6.07) is 0. The third kappa shape index (κ3) is 3.47. The van der Waals surface area contributed by atoms with Crippen LogP contribution in [0.2, 0.25) is 0 Å². The van der Waals surface area contributed by atoms with Gasteiger partial charge in [-0.05, 0) is 19.8 Å². The summed E-state index contributed by atoms with van der Waals surface area (Å²) in [5, 5.41) is 9.26. The molecular weight excluding hydrogens is 294 g/mol. The lowest BCUT2D eigenvalue weighted by Crippen LogP contribution is -2.35. The monoisotopic (exact) mass is 317 g/mol. The van der Waals surface area contributed by atoms with Crippen LogP contribution in [0.25, 0.3) is 0 Å². The zero-order chi connectivity index (χ0) is 16.4. The molecule has 6 nitrogen and oxygen atoms in total. The first-order chi connectivity index (χ1) is 9.66. The number of sulfonamides is 1. The van der Waals surface area contributed by atoms with Crippen LogP contribution >= 0.6 is 0 Å². The topological polar surface area (TPSA) is 87.8 Å². The second-order valence-corrected chi connectivity index (χ2v) is 7.07. The second kappa shape index (κ2) is 6.62. The van der Waals surface area contributed by atoms with E-state index in [-0.39, 0.29) is 34.4 Å². The average Bonchev–Trinajstić information content (AvgIpc) is 2.70. The fourth-order valence-electron chi connectivity index (χ4n) is 2.22. The van der Waals surface area contributed by atoms with Crippen molar-refractivity contribution in [1.82, 2.24) is 4.31 Å². The lowest BCUT2D eigenvalue weighted by Gasteiger charge is -2.23. The summed E-state index contributed by atoms with van der Waals surface area (Å²) in [4.78, 5) is 11.1. The van der Waals surface area contributed by atoms with Crippen molar-refractivity contribution in [3.63, 3.8) is 0 Å². The van der Waals surface area contributed by atoms with E-state index in [0.29, 0.717) is 6.54 Å². The molecule has 0 amide bonds. The molecule has 120 valence electrons. The van der Waals surface area contributed by atoms with Gasteiger partial charge in [-0.15, -0.1) is 0 Å². The first-order valence-electron chi connectivity index (χ1n) is 7.00. The highest BCUT2D eigenvalue weighted by Gasteiger charge is 2.34. The van der Waals surface area contributed by atoms with Gasteiger partial charge in [-0.25, -0.2) is 13.2 Å². The highest BCUT2D eigenvalue weighted by atomic mass is 32.2. The fourth-order valence-corrected chi connectivity index (χ4v) is 4.17. The van der Waals surface area contributed by atoms with Crippen molar-refractivity contribution in [3.05, 3.63) is 17.1 Å². The van der Waals surface area contributed by atoms with Crippen LogP contribution in [0, 0.1) is 19.8 Å². The maximum absolute atomic E-state index is 12.8. The SMILES string of the molecule is CCC(C)CN(CC)S(=O)(=O)c1c(C)oc(C)c1C(=O)O. The van der Waals surface area contributed by atoms with Crippen LogP contribution in [0.4, 0.5) is 0 Å². The van der Waals surface area contributed by atoms with Crippen LogP contribution in [0.15, 0.2) is 9.31 Å². The Bertz CT molecular complexity index is 618. The van der Waals surface area contributed by atoms with E-state index in [4.69, 9.17) is 4.42 Å². The Labute approximate surface area is 125 Å². The lowest BCUT2D eigenvalue weighted by atomic mass is 10.1. The molecule has 0 saturated heterocycles. The van der Waals surface area contributed by atoms with E-state index in [9.17, 15) is 18.3 Å². The van der Waals surface area contributed by atoms with E-state index in [1.807, 2.05) is 13.8 Å². The van der Waals surface area contributed by atoms with Crippen LogP contribution in [-0.4, -0.2) is 36.9 Å². The van der Waals surface area contributed by atoms with Gasteiger partial charge in [-0.1, -0.05) is 27.2 Å². The molecule has 0 aliphatic rings. The molecule has 0 aliphatic heterocycles. The molecule has 1 atom stereocenters. The summed E-state index contributed by atoms with van der Waals surface area (Å²) in [6.07, 6.45) is 0.848. The summed E-state index contributed by atoms with van der Waals surface area (Å²) >= 11 is 0. The maximum Gasteiger partial charge on any atom is 0.340 e. The van der Waals surface area contributed by atoms with Gasteiger partial charge >= 0.3 is 5.97 Å². The molecule has 1 aromatic heterocycles.